The SMILES string of the molecule is CCN(C(=O)c1nc(C(=O)N2CCCC(C)C2)n2ccccc12)c1ccccc1. The van der Waals surface area contributed by atoms with Gasteiger partial charge in [-0.1, -0.05) is 31.2 Å². The minimum atomic E-state index is -0.200. The van der Waals surface area contributed by atoms with Crippen molar-refractivity contribution in [1.29, 1.82) is 0 Å². The Labute approximate surface area is 170 Å². The zero-order valence-corrected chi connectivity index (χ0v) is 16.9. The van der Waals surface area contributed by atoms with Gasteiger partial charge in [-0.25, -0.2) is 4.98 Å². The van der Waals surface area contributed by atoms with E-state index in [1.54, 1.807) is 15.5 Å². The highest BCUT2D eigenvalue weighted by Crippen LogP contribution is 2.22. The first kappa shape index (κ1) is 19.2. The highest BCUT2D eigenvalue weighted by Gasteiger charge is 2.29. The molecule has 29 heavy (non-hydrogen) atoms. The van der Waals surface area contributed by atoms with Gasteiger partial charge in [0.15, 0.2) is 5.69 Å². The predicted octanol–water partition coefficient (Wildman–Crippen LogP) is 3.87. The van der Waals surface area contributed by atoms with E-state index in [1.807, 2.05) is 60.4 Å². The van der Waals surface area contributed by atoms with E-state index in [-0.39, 0.29) is 11.8 Å². The van der Waals surface area contributed by atoms with Crippen molar-refractivity contribution >= 4 is 23.0 Å². The van der Waals surface area contributed by atoms with Gasteiger partial charge in [0.05, 0.1) is 5.52 Å². The van der Waals surface area contributed by atoms with Crippen molar-refractivity contribution in [2.24, 2.45) is 5.92 Å². The Bertz CT molecular complexity index is 1030. The summed E-state index contributed by atoms with van der Waals surface area (Å²) in [6.45, 7) is 6.08. The molecule has 3 aromatic rings. The standard InChI is InChI=1S/C23H26N4O2/c1-3-26(18-11-5-4-6-12-18)22(28)20-19-13-7-8-15-27(19)21(24-20)23(29)25-14-9-10-17(2)16-25/h4-8,11-13,15,17H,3,9-10,14,16H2,1-2H3. The van der Waals surface area contributed by atoms with E-state index in [1.165, 1.54) is 0 Å². The van der Waals surface area contributed by atoms with Crippen LogP contribution >= 0.6 is 0 Å². The number of nitrogens with zero attached hydrogens (tertiary/aromatic N) is 4. The van der Waals surface area contributed by atoms with E-state index in [9.17, 15) is 9.59 Å². The van der Waals surface area contributed by atoms with Gasteiger partial charge in [-0.2, -0.15) is 0 Å². The Kier molecular flexibility index (Phi) is 5.34. The zero-order valence-electron chi connectivity index (χ0n) is 16.9. The molecular weight excluding hydrogens is 364 g/mol. The molecular formula is C23H26N4O2. The first-order valence-electron chi connectivity index (χ1n) is 10.2. The number of para-hydroxylation sites is 1. The fraction of sp³-hybridized carbons (Fsp3) is 0.348. The van der Waals surface area contributed by atoms with Crippen LogP contribution in [0.25, 0.3) is 5.52 Å². The van der Waals surface area contributed by atoms with Crippen LogP contribution in [0.1, 0.15) is 47.8 Å². The van der Waals surface area contributed by atoms with Gasteiger partial charge in [0, 0.05) is 31.5 Å². The number of piperidine rings is 1. The maximum absolute atomic E-state index is 13.4. The largest absolute Gasteiger partial charge is 0.336 e. The fourth-order valence-corrected chi connectivity index (χ4v) is 4.04. The van der Waals surface area contributed by atoms with Crippen LogP contribution in [-0.2, 0) is 0 Å². The lowest BCUT2D eigenvalue weighted by molar-refractivity contribution is 0.0670. The molecule has 1 fully saturated rings. The first-order valence-corrected chi connectivity index (χ1v) is 10.2. The van der Waals surface area contributed by atoms with Crippen molar-refractivity contribution in [3.63, 3.8) is 0 Å². The summed E-state index contributed by atoms with van der Waals surface area (Å²) in [6.07, 6.45) is 3.94. The van der Waals surface area contributed by atoms with Crippen molar-refractivity contribution in [3.05, 3.63) is 66.2 Å². The van der Waals surface area contributed by atoms with Crippen molar-refractivity contribution in [1.82, 2.24) is 14.3 Å². The number of anilines is 1. The van der Waals surface area contributed by atoms with Gasteiger partial charge in [-0.05, 0) is 49.9 Å². The van der Waals surface area contributed by atoms with Gasteiger partial charge in [-0.15, -0.1) is 0 Å². The van der Waals surface area contributed by atoms with Gasteiger partial charge in [0.1, 0.15) is 0 Å². The molecule has 150 valence electrons. The van der Waals surface area contributed by atoms with Crippen molar-refractivity contribution < 1.29 is 9.59 Å². The second-order valence-corrected chi connectivity index (χ2v) is 7.62. The topological polar surface area (TPSA) is 57.9 Å². The Morgan fingerprint density at radius 1 is 1.14 bits per heavy atom. The molecule has 1 saturated heterocycles. The fourth-order valence-electron chi connectivity index (χ4n) is 4.04. The van der Waals surface area contributed by atoms with Gasteiger partial charge < -0.3 is 9.80 Å². The number of pyridine rings is 1. The van der Waals surface area contributed by atoms with Crippen molar-refractivity contribution in [3.8, 4) is 0 Å². The smallest absolute Gasteiger partial charge is 0.290 e. The number of hydrogen-bond acceptors (Lipinski definition) is 3. The molecule has 2 amide bonds. The lowest BCUT2D eigenvalue weighted by atomic mass is 10.0. The summed E-state index contributed by atoms with van der Waals surface area (Å²) in [5, 5.41) is 0. The number of imidazole rings is 1. The number of likely N-dealkylation sites (tertiary alicyclic amines) is 1. The van der Waals surface area contributed by atoms with Gasteiger partial charge >= 0.3 is 0 Å². The van der Waals surface area contributed by atoms with Crippen LogP contribution in [0.2, 0.25) is 0 Å². The summed E-state index contributed by atoms with van der Waals surface area (Å²) in [4.78, 5) is 34.7. The van der Waals surface area contributed by atoms with Crippen LogP contribution in [0.15, 0.2) is 54.7 Å². The van der Waals surface area contributed by atoms with E-state index >= 15 is 0 Å². The molecule has 1 aromatic carbocycles. The number of carbonyl (C=O) groups excluding carboxylic acids is 2. The molecule has 0 radical (unpaired) electrons. The molecule has 6 heteroatoms. The number of rotatable bonds is 4. The van der Waals surface area contributed by atoms with E-state index < -0.39 is 0 Å². The average molecular weight is 390 g/mol. The molecule has 1 unspecified atom stereocenters. The maximum atomic E-state index is 13.4. The minimum Gasteiger partial charge on any atom is -0.336 e. The van der Waals surface area contributed by atoms with E-state index in [2.05, 4.69) is 11.9 Å². The summed E-state index contributed by atoms with van der Waals surface area (Å²) in [5.74, 6) is 0.476. The maximum Gasteiger partial charge on any atom is 0.290 e. The average Bonchev–Trinajstić information content (AvgIpc) is 3.14. The van der Waals surface area contributed by atoms with E-state index in [4.69, 9.17) is 0 Å². The zero-order chi connectivity index (χ0) is 20.4. The summed E-state index contributed by atoms with van der Waals surface area (Å²) < 4.78 is 1.74. The highest BCUT2D eigenvalue weighted by atomic mass is 16.2. The molecule has 0 N–H and O–H groups in total. The van der Waals surface area contributed by atoms with Crippen LogP contribution in [0.5, 0.6) is 0 Å². The summed E-state index contributed by atoms with van der Waals surface area (Å²) >= 11 is 0. The molecule has 3 heterocycles. The molecule has 4 rings (SSSR count). The second kappa shape index (κ2) is 8.07. The van der Waals surface area contributed by atoms with Gasteiger partial charge in [0.2, 0.25) is 5.82 Å². The third-order valence-corrected chi connectivity index (χ3v) is 5.52. The number of benzene rings is 1. The molecule has 1 atom stereocenters. The lowest BCUT2D eigenvalue weighted by Crippen LogP contribution is -2.40. The van der Waals surface area contributed by atoms with Crippen molar-refractivity contribution in [2.45, 2.75) is 26.7 Å². The number of aromatic nitrogens is 2. The van der Waals surface area contributed by atoms with Crippen LogP contribution in [-0.4, -0.2) is 45.7 Å². The lowest BCUT2D eigenvalue weighted by Gasteiger charge is -2.30. The third-order valence-electron chi connectivity index (χ3n) is 5.52. The molecule has 0 aliphatic carbocycles. The Morgan fingerprint density at radius 2 is 1.90 bits per heavy atom. The van der Waals surface area contributed by atoms with Crippen LogP contribution in [0, 0.1) is 5.92 Å². The molecule has 0 saturated carbocycles. The summed E-state index contributed by atoms with van der Waals surface area (Å²) in [7, 11) is 0. The summed E-state index contributed by atoms with van der Waals surface area (Å²) in [6, 6.07) is 15.1. The minimum absolute atomic E-state index is 0.112. The Hall–Kier alpha value is -3.15. The number of amides is 2. The quantitative estimate of drug-likeness (QED) is 0.679. The number of fused-ring (bicyclic) bond motifs is 1. The van der Waals surface area contributed by atoms with E-state index in [0.29, 0.717) is 29.5 Å². The predicted molar refractivity (Wildman–Crippen MR) is 113 cm³/mol. The first-order chi connectivity index (χ1) is 14.1. The number of hydrogen-bond donors (Lipinski definition) is 0. The summed E-state index contributed by atoms with van der Waals surface area (Å²) in [5.41, 5.74) is 1.78. The molecule has 0 bridgehead atoms. The monoisotopic (exact) mass is 390 g/mol. The van der Waals surface area contributed by atoms with Crippen LogP contribution in [0.4, 0.5) is 5.69 Å². The molecule has 6 nitrogen and oxygen atoms in total. The number of carbonyl (C=O) groups is 2. The van der Waals surface area contributed by atoms with Crippen molar-refractivity contribution in [2.75, 3.05) is 24.5 Å². The second-order valence-electron chi connectivity index (χ2n) is 7.62. The van der Waals surface area contributed by atoms with Gasteiger partial charge in [-0.3, -0.25) is 14.0 Å². The molecule has 1 aliphatic rings. The third kappa shape index (κ3) is 3.62. The molecule has 2 aromatic heterocycles. The van der Waals surface area contributed by atoms with E-state index in [0.717, 1.165) is 31.6 Å². The normalized spacial score (nSPS) is 16.8. The van der Waals surface area contributed by atoms with Crippen LogP contribution < -0.4 is 4.90 Å². The molecule has 1 aliphatic heterocycles. The van der Waals surface area contributed by atoms with Crippen LogP contribution in [0.3, 0.4) is 0 Å². The Balaban J connectivity index is 1.74. The highest BCUT2D eigenvalue weighted by molar-refractivity contribution is 6.10. The van der Waals surface area contributed by atoms with Gasteiger partial charge in [0.25, 0.3) is 11.8 Å². The Morgan fingerprint density at radius 3 is 2.62 bits per heavy atom. The molecule has 0 spiro atoms.